The number of methoxy groups -OCH3 is 1. The van der Waals surface area contributed by atoms with Gasteiger partial charge in [0, 0.05) is 32.0 Å². The van der Waals surface area contributed by atoms with Gasteiger partial charge in [-0.2, -0.15) is 0 Å². The Balaban J connectivity index is 1.51. The lowest BCUT2D eigenvalue weighted by Gasteiger charge is -2.11. The number of aromatic nitrogens is 3. The number of nitrogens with one attached hydrogen (secondary N) is 1. The topological polar surface area (TPSA) is 112 Å². The molecule has 0 radical (unpaired) electrons. The Hall–Kier alpha value is -2.47. The molecule has 1 aromatic carbocycles. The van der Waals surface area contributed by atoms with Crippen LogP contribution in [0.5, 0.6) is 0 Å². The summed E-state index contributed by atoms with van der Waals surface area (Å²) in [6.07, 6.45) is 2.14. The van der Waals surface area contributed by atoms with Crippen LogP contribution in [0.25, 0.3) is 21.9 Å². The maximum Gasteiger partial charge on any atom is 0.250 e. The first kappa shape index (κ1) is 23.7. The largest absolute Gasteiger partial charge is 0.384 e. The Morgan fingerprint density at radius 2 is 2.03 bits per heavy atom. The van der Waals surface area contributed by atoms with Crippen LogP contribution in [0.4, 0.5) is 5.82 Å². The number of sulfonamides is 1. The van der Waals surface area contributed by atoms with Gasteiger partial charge in [-0.15, -0.1) is 11.3 Å². The summed E-state index contributed by atoms with van der Waals surface area (Å²) in [5, 5.41) is 1.00. The van der Waals surface area contributed by atoms with Gasteiger partial charge < -0.3 is 15.0 Å². The average Bonchev–Trinajstić information content (AvgIpc) is 3.33. The molecule has 0 saturated heterocycles. The minimum absolute atomic E-state index is 0.370. The number of hydrogen-bond donors (Lipinski definition) is 2. The number of hydrogen-bond acceptors (Lipinski definition) is 7. The molecule has 8 nitrogen and oxygen atoms in total. The predicted molar refractivity (Wildman–Crippen MR) is 137 cm³/mol. The number of unbranched alkanes of at least 4 members (excludes halogenated alkanes) is 1. The van der Waals surface area contributed by atoms with Crippen LogP contribution in [-0.4, -0.2) is 51.1 Å². The van der Waals surface area contributed by atoms with Crippen LogP contribution in [0.1, 0.15) is 23.5 Å². The second-order valence-corrected chi connectivity index (χ2v) is 11.3. The average molecular weight is 485 g/mol. The number of pyridine rings is 1. The molecule has 0 aliphatic carbocycles. The first-order chi connectivity index (χ1) is 15.8. The van der Waals surface area contributed by atoms with Crippen molar-refractivity contribution >= 4 is 62.4 Å². The van der Waals surface area contributed by atoms with E-state index in [0.29, 0.717) is 48.1 Å². The van der Waals surface area contributed by atoms with Gasteiger partial charge in [-0.05, 0) is 36.8 Å². The Morgan fingerprint density at radius 1 is 1.24 bits per heavy atom. The van der Waals surface area contributed by atoms with Crippen molar-refractivity contribution in [2.75, 3.05) is 26.0 Å². The van der Waals surface area contributed by atoms with Crippen LogP contribution in [0.15, 0.2) is 34.5 Å². The molecular formula is C22H28BN5O3S2. The highest BCUT2D eigenvalue weighted by Gasteiger charge is 2.18. The van der Waals surface area contributed by atoms with Gasteiger partial charge in [-0.1, -0.05) is 23.7 Å². The summed E-state index contributed by atoms with van der Waals surface area (Å²) in [5.74, 6) is 1.30. The van der Waals surface area contributed by atoms with Gasteiger partial charge in [-0.3, -0.25) is 0 Å². The molecule has 3 aromatic heterocycles. The zero-order chi connectivity index (χ0) is 23.6. The zero-order valence-electron chi connectivity index (χ0n) is 19.1. The van der Waals surface area contributed by atoms with E-state index < -0.39 is 10.0 Å². The van der Waals surface area contributed by atoms with E-state index in [1.54, 1.807) is 13.2 Å². The molecule has 4 aromatic rings. The minimum atomic E-state index is -3.48. The predicted octanol–water partition coefficient (Wildman–Crippen LogP) is 1.74. The molecule has 0 aliphatic heterocycles. The SMILES string of the molecule is Bc1cc(S(=O)(=O)NCCCCn2c(CCOC)nc3c(N)nc4ccccc4c32)sc1C. The Labute approximate surface area is 198 Å². The van der Waals surface area contributed by atoms with E-state index in [1.807, 2.05) is 39.0 Å². The molecule has 0 fully saturated rings. The van der Waals surface area contributed by atoms with Crippen LogP contribution in [0.3, 0.4) is 0 Å². The first-order valence-corrected chi connectivity index (χ1v) is 13.2. The van der Waals surface area contributed by atoms with E-state index in [-0.39, 0.29) is 0 Å². The number of nitrogens with two attached hydrogens (primary N) is 1. The van der Waals surface area contributed by atoms with E-state index in [2.05, 4.69) is 14.3 Å². The number of rotatable bonds is 10. The molecule has 0 unspecified atom stereocenters. The molecule has 0 amide bonds. The number of nitrogens with zero attached hydrogens (tertiary/aromatic N) is 3. The molecule has 33 heavy (non-hydrogen) atoms. The van der Waals surface area contributed by atoms with E-state index in [4.69, 9.17) is 15.5 Å². The highest BCUT2D eigenvalue weighted by Crippen LogP contribution is 2.29. The zero-order valence-corrected chi connectivity index (χ0v) is 20.7. The molecule has 0 aliphatic rings. The monoisotopic (exact) mass is 485 g/mol. The van der Waals surface area contributed by atoms with Crippen molar-refractivity contribution < 1.29 is 13.2 Å². The molecular weight excluding hydrogens is 457 g/mol. The van der Waals surface area contributed by atoms with Gasteiger partial charge >= 0.3 is 0 Å². The molecule has 11 heteroatoms. The maximum atomic E-state index is 12.6. The number of ether oxygens (including phenoxy) is 1. The molecule has 0 spiro atoms. The summed E-state index contributed by atoms with van der Waals surface area (Å²) in [5.41, 5.74) is 9.72. The van der Waals surface area contributed by atoms with E-state index in [0.717, 1.165) is 39.0 Å². The number of nitrogen functional groups attached to an aromatic ring is 1. The quantitative estimate of drug-likeness (QED) is 0.262. The summed E-state index contributed by atoms with van der Waals surface area (Å²) in [4.78, 5) is 10.3. The van der Waals surface area contributed by atoms with Crippen molar-refractivity contribution in [1.29, 1.82) is 0 Å². The lowest BCUT2D eigenvalue weighted by molar-refractivity contribution is 0.199. The van der Waals surface area contributed by atoms with Gasteiger partial charge in [0.1, 0.15) is 23.4 Å². The number of para-hydroxylation sites is 1. The number of fused-ring (bicyclic) bond motifs is 3. The summed E-state index contributed by atoms with van der Waals surface area (Å²) in [6.45, 7) is 3.56. The van der Waals surface area contributed by atoms with Crippen molar-refractivity contribution in [3.8, 4) is 0 Å². The van der Waals surface area contributed by atoms with Crippen LogP contribution in [0.2, 0.25) is 0 Å². The van der Waals surface area contributed by atoms with Crippen LogP contribution in [-0.2, 0) is 27.7 Å². The third-order valence-electron chi connectivity index (χ3n) is 5.73. The lowest BCUT2D eigenvalue weighted by Crippen LogP contribution is -2.24. The summed E-state index contributed by atoms with van der Waals surface area (Å²) in [7, 11) is 0.114. The third-order valence-corrected chi connectivity index (χ3v) is 8.82. The molecule has 0 bridgehead atoms. The third kappa shape index (κ3) is 4.91. The second-order valence-electron chi connectivity index (χ2n) is 8.04. The molecule has 4 rings (SSSR count). The molecule has 3 heterocycles. The molecule has 0 saturated carbocycles. The van der Waals surface area contributed by atoms with Gasteiger partial charge in [0.15, 0.2) is 5.82 Å². The second kappa shape index (κ2) is 9.80. The van der Waals surface area contributed by atoms with Gasteiger partial charge in [-0.25, -0.2) is 23.1 Å². The number of anilines is 1. The molecule has 0 atom stereocenters. The Kier molecular flexibility index (Phi) is 7.03. The summed E-state index contributed by atoms with van der Waals surface area (Å²) < 4.78 is 35.7. The van der Waals surface area contributed by atoms with Crippen LogP contribution < -0.4 is 15.9 Å². The van der Waals surface area contributed by atoms with Gasteiger partial charge in [0.2, 0.25) is 10.0 Å². The van der Waals surface area contributed by atoms with Crippen molar-refractivity contribution in [2.45, 2.75) is 36.9 Å². The lowest BCUT2D eigenvalue weighted by atomic mass is 9.98. The number of imidazole rings is 1. The normalized spacial score (nSPS) is 12.2. The van der Waals surface area contributed by atoms with Crippen molar-refractivity contribution in [2.24, 2.45) is 0 Å². The fraction of sp³-hybridized carbons (Fsp3) is 0.364. The Morgan fingerprint density at radius 3 is 2.76 bits per heavy atom. The highest BCUT2D eigenvalue weighted by molar-refractivity contribution is 7.91. The highest BCUT2D eigenvalue weighted by atomic mass is 32.2. The standard InChI is InChI=1S/C22H28BN5O3S2/c1-14-16(23)13-19(32-14)33(29,30)25-10-5-6-11-28-18(9-12-31-2)27-20-21(28)15-7-3-4-8-17(15)26-22(20)24/h3-4,7-8,13,25H,5-6,9-12,23H2,1-2H3,(H2,24,26). The smallest absolute Gasteiger partial charge is 0.250 e. The fourth-order valence-corrected chi connectivity index (χ4v) is 6.51. The first-order valence-electron chi connectivity index (χ1n) is 10.9. The van der Waals surface area contributed by atoms with Gasteiger partial charge in [0.05, 0.1) is 17.6 Å². The summed E-state index contributed by atoms with van der Waals surface area (Å²) >= 11 is 1.30. The van der Waals surface area contributed by atoms with Crippen LogP contribution >= 0.6 is 11.3 Å². The van der Waals surface area contributed by atoms with Crippen LogP contribution in [0, 0.1) is 6.92 Å². The van der Waals surface area contributed by atoms with Crippen molar-refractivity contribution in [1.82, 2.24) is 19.3 Å². The minimum Gasteiger partial charge on any atom is -0.384 e. The summed E-state index contributed by atoms with van der Waals surface area (Å²) in [6, 6.07) is 9.62. The molecule has 174 valence electrons. The maximum absolute atomic E-state index is 12.6. The van der Waals surface area contributed by atoms with E-state index >= 15 is 0 Å². The van der Waals surface area contributed by atoms with Gasteiger partial charge in [0.25, 0.3) is 0 Å². The van der Waals surface area contributed by atoms with E-state index in [1.165, 1.54) is 11.3 Å². The number of aryl methyl sites for hydroxylation is 2. The Bertz CT molecular complexity index is 1380. The fourth-order valence-electron chi connectivity index (χ4n) is 3.87. The van der Waals surface area contributed by atoms with Crippen molar-refractivity contribution in [3.63, 3.8) is 0 Å². The van der Waals surface area contributed by atoms with Crippen molar-refractivity contribution in [3.05, 3.63) is 41.0 Å². The molecule has 3 N–H and O–H groups in total. The number of benzene rings is 1. The van der Waals surface area contributed by atoms with E-state index in [9.17, 15) is 8.42 Å². The number of thiophene rings is 1.